The zero-order valence-corrected chi connectivity index (χ0v) is 17.8. The predicted molar refractivity (Wildman–Crippen MR) is 111 cm³/mol. The van der Waals surface area contributed by atoms with Gasteiger partial charge in [-0.25, -0.2) is 4.79 Å². The summed E-state index contributed by atoms with van der Waals surface area (Å²) >= 11 is 1.46. The zero-order valence-electron chi connectivity index (χ0n) is 17.0. The van der Waals surface area contributed by atoms with Crippen molar-refractivity contribution < 1.29 is 28.5 Å². The Balaban J connectivity index is 1.61. The molecule has 7 nitrogen and oxygen atoms in total. The molecule has 156 valence electrons. The van der Waals surface area contributed by atoms with Crippen LogP contribution in [0.25, 0.3) is 0 Å². The van der Waals surface area contributed by atoms with E-state index in [2.05, 4.69) is 12.2 Å². The Morgan fingerprint density at radius 3 is 2.41 bits per heavy atom. The van der Waals surface area contributed by atoms with Crippen LogP contribution in [0.4, 0.5) is 5.69 Å². The maximum atomic E-state index is 12.3. The number of anilines is 1. The SMILES string of the molecule is COc1cc(NC(=O)COC(=O)c2cc3c(s2)CCC(C)C3)cc(OC)c1OC. The summed E-state index contributed by atoms with van der Waals surface area (Å²) in [4.78, 5) is 26.4. The molecule has 1 aliphatic rings. The highest BCUT2D eigenvalue weighted by molar-refractivity contribution is 7.14. The van der Waals surface area contributed by atoms with Gasteiger partial charge in [0.1, 0.15) is 4.88 Å². The summed E-state index contributed by atoms with van der Waals surface area (Å²) < 4.78 is 21.0. The largest absolute Gasteiger partial charge is 0.493 e. The predicted octanol–water partition coefficient (Wildman–Crippen LogP) is 3.69. The minimum Gasteiger partial charge on any atom is -0.493 e. The quantitative estimate of drug-likeness (QED) is 0.689. The molecule has 1 atom stereocenters. The second-order valence-corrected chi connectivity index (χ2v) is 8.08. The minimum absolute atomic E-state index is 0.380. The number of carbonyl (C=O) groups excluding carboxylic acids is 2. The topological polar surface area (TPSA) is 83.1 Å². The third-order valence-electron chi connectivity index (χ3n) is 4.81. The first kappa shape index (κ1) is 21.0. The van der Waals surface area contributed by atoms with Crippen LogP contribution in [0.15, 0.2) is 18.2 Å². The molecule has 0 fully saturated rings. The molecule has 0 spiro atoms. The highest BCUT2D eigenvalue weighted by Gasteiger charge is 2.22. The summed E-state index contributed by atoms with van der Waals surface area (Å²) in [7, 11) is 4.49. The van der Waals surface area contributed by atoms with Gasteiger partial charge in [0.15, 0.2) is 18.1 Å². The summed E-state index contributed by atoms with van der Waals surface area (Å²) in [6.45, 7) is 1.83. The molecule has 1 amide bonds. The van der Waals surface area contributed by atoms with Crippen LogP contribution < -0.4 is 19.5 Å². The smallest absolute Gasteiger partial charge is 0.348 e. The fraction of sp³-hybridized carbons (Fsp3) is 0.429. The summed E-state index contributed by atoms with van der Waals surface area (Å²) in [5.41, 5.74) is 1.67. The van der Waals surface area contributed by atoms with E-state index in [0.29, 0.717) is 33.7 Å². The number of amides is 1. The van der Waals surface area contributed by atoms with Crippen LogP contribution in [0.3, 0.4) is 0 Å². The molecule has 1 aliphatic carbocycles. The van der Waals surface area contributed by atoms with Gasteiger partial charge < -0.3 is 24.3 Å². The van der Waals surface area contributed by atoms with Crippen LogP contribution in [0.2, 0.25) is 0 Å². The number of rotatable bonds is 7. The summed E-state index contributed by atoms with van der Waals surface area (Å²) in [5.74, 6) is 0.954. The third-order valence-corrected chi connectivity index (χ3v) is 6.03. The van der Waals surface area contributed by atoms with Crippen molar-refractivity contribution in [2.75, 3.05) is 33.3 Å². The molecule has 2 aromatic rings. The molecule has 1 aromatic heterocycles. The number of benzene rings is 1. The standard InChI is InChI=1S/C21H25NO6S/c1-12-5-6-17-13(7-12)8-18(29-17)21(24)28-11-19(23)22-14-9-15(25-2)20(27-4)16(10-14)26-3/h8-10,12H,5-7,11H2,1-4H3,(H,22,23). The first-order chi connectivity index (χ1) is 13.9. The second kappa shape index (κ2) is 9.17. The molecule has 29 heavy (non-hydrogen) atoms. The number of carbonyl (C=O) groups is 2. The fourth-order valence-electron chi connectivity index (χ4n) is 3.36. The fourth-order valence-corrected chi connectivity index (χ4v) is 4.46. The van der Waals surface area contributed by atoms with E-state index in [1.54, 1.807) is 12.1 Å². The average Bonchev–Trinajstić information content (AvgIpc) is 3.14. The number of ether oxygens (including phenoxy) is 4. The number of aryl methyl sites for hydroxylation is 1. The van der Waals surface area contributed by atoms with Crippen LogP contribution in [0.5, 0.6) is 17.2 Å². The molecule has 1 unspecified atom stereocenters. The van der Waals surface area contributed by atoms with Crippen molar-refractivity contribution in [1.29, 1.82) is 0 Å². The molecule has 1 N–H and O–H groups in total. The highest BCUT2D eigenvalue weighted by Crippen LogP contribution is 2.40. The first-order valence-electron chi connectivity index (χ1n) is 9.33. The lowest BCUT2D eigenvalue weighted by atomic mass is 9.90. The lowest BCUT2D eigenvalue weighted by Gasteiger charge is -2.16. The number of thiophene rings is 1. The lowest BCUT2D eigenvalue weighted by Crippen LogP contribution is -2.20. The van der Waals surface area contributed by atoms with Crippen molar-refractivity contribution in [2.45, 2.75) is 26.2 Å². The third kappa shape index (κ3) is 4.82. The molecule has 1 heterocycles. The van der Waals surface area contributed by atoms with Gasteiger partial charge in [0, 0.05) is 22.7 Å². The minimum atomic E-state index is -0.475. The number of fused-ring (bicyclic) bond motifs is 1. The maximum Gasteiger partial charge on any atom is 0.348 e. The maximum absolute atomic E-state index is 12.3. The van der Waals surface area contributed by atoms with E-state index in [1.807, 2.05) is 6.07 Å². The summed E-state index contributed by atoms with van der Waals surface area (Å²) in [5, 5.41) is 2.68. The lowest BCUT2D eigenvalue weighted by molar-refractivity contribution is -0.119. The molecule has 1 aromatic carbocycles. The molecule has 0 aliphatic heterocycles. The van der Waals surface area contributed by atoms with Crippen molar-refractivity contribution in [3.8, 4) is 17.2 Å². The monoisotopic (exact) mass is 419 g/mol. The molecular weight excluding hydrogens is 394 g/mol. The van der Waals surface area contributed by atoms with Gasteiger partial charge in [-0.2, -0.15) is 0 Å². The Kier molecular flexibility index (Phi) is 6.64. The number of hydrogen-bond donors (Lipinski definition) is 1. The molecule has 3 rings (SSSR count). The van der Waals surface area contributed by atoms with Gasteiger partial charge in [-0.05, 0) is 36.8 Å². The van der Waals surface area contributed by atoms with Gasteiger partial charge >= 0.3 is 5.97 Å². The summed E-state index contributed by atoms with van der Waals surface area (Å²) in [6, 6.07) is 5.11. The Morgan fingerprint density at radius 1 is 1.10 bits per heavy atom. The molecule has 0 bridgehead atoms. The Hall–Kier alpha value is -2.74. The first-order valence-corrected chi connectivity index (χ1v) is 10.1. The van der Waals surface area contributed by atoms with Gasteiger partial charge in [0.05, 0.1) is 21.3 Å². The van der Waals surface area contributed by atoms with Crippen molar-refractivity contribution in [2.24, 2.45) is 5.92 Å². The van der Waals surface area contributed by atoms with E-state index >= 15 is 0 Å². The van der Waals surface area contributed by atoms with Gasteiger partial charge in [-0.1, -0.05) is 6.92 Å². The van der Waals surface area contributed by atoms with Gasteiger partial charge in [0.2, 0.25) is 5.75 Å². The van der Waals surface area contributed by atoms with E-state index in [9.17, 15) is 9.59 Å². The van der Waals surface area contributed by atoms with Gasteiger partial charge in [-0.15, -0.1) is 11.3 Å². The van der Waals surface area contributed by atoms with Crippen LogP contribution in [-0.2, 0) is 22.4 Å². The Labute approximate surface area is 173 Å². The van der Waals surface area contributed by atoms with Gasteiger partial charge in [-0.3, -0.25) is 4.79 Å². The van der Waals surface area contributed by atoms with Crippen LogP contribution in [0, 0.1) is 5.92 Å². The molecule has 8 heteroatoms. The number of hydrogen-bond acceptors (Lipinski definition) is 7. The van der Waals surface area contributed by atoms with E-state index in [0.717, 1.165) is 19.3 Å². The summed E-state index contributed by atoms with van der Waals surface area (Å²) in [6.07, 6.45) is 3.12. The number of nitrogens with one attached hydrogen (secondary N) is 1. The van der Waals surface area contributed by atoms with Crippen LogP contribution >= 0.6 is 11.3 Å². The number of methoxy groups -OCH3 is 3. The molecule has 0 radical (unpaired) electrons. The van der Waals surface area contributed by atoms with Crippen molar-refractivity contribution in [1.82, 2.24) is 0 Å². The normalized spacial score (nSPS) is 15.2. The van der Waals surface area contributed by atoms with Crippen molar-refractivity contribution >= 4 is 28.9 Å². The van der Waals surface area contributed by atoms with Crippen LogP contribution in [-0.4, -0.2) is 39.8 Å². The Morgan fingerprint density at radius 2 is 1.79 bits per heavy atom. The van der Waals surface area contributed by atoms with Crippen molar-refractivity contribution in [3.05, 3.63) is 33.5 Å². The molecule has 0 saturated carbocycles. The second-order valence-electron chi connectivity index (χ2n) is 6.95. The highest BCUT2D eigenvalue weighted by atomic mass is 32.1. The van der Waals surface area contributed by atoms with Crippen molar-refractivity contribution in [3.63, 3.8) is 0 Å². The molecular formula is C21H25NO6S. The van der Waals surface area contributed by atoms with E-state index in [1.165, 1.54) is 43.1 Å². The average molecular weight is 419 g/mol. The van der Waals surface area contributed by atoms with Crippen LogP contribution in [0.1, 0.15) is 33.5 Å². The van der Waals surface area contributed by atoms with E-state index in [-0.39, 0.29) is 6.61 Å². The zero-order chi connectivity index (χ0) is 21.0. The van der Waals surface area contributed by atoms with Gasteiger partial charge in [0.25, 0.3) is 5.91 Å². The number of esters is 1. The Bertz CT molecular complexity index is 882. The van der Waals surface area contributed by atoms with E-state index in [4.69, 9.17) is 18.9 Å². The van der Waals surface area contributed by atoms with E-state index < -0.39 is 11.9 Å². The molecule has 0 saturated heterocycles.